The lowest BCUT2D eigenvalue weighted by molar-refractivity contribution is 0.00446. The molecule has 22 heteroatoms. The first kappa shape index (κ1) is 61.5. The first-order valence-electron chi connectivity index (χ1n) is 22.4. The zero-order valence-electron chi connectivity index (χ0n) is 40.7. The van der Waals surface area contributed by atoms with Gasteiger partial charge in [-0.15, -0.1) is 0 Å². The number of carbonyl (C=O) groups excluding carboxylic acids is 8. The average molecular weight is 1030 g/mol. The second-order valence-corrected chi connectivity index (χ2v) is 15.6. The molecule has 0 fully saturated rings. The topological polar surface area (TPSA) is 332 Å². The fourth-order valence-corrected chi connectivity index (χ4v) is 5.09. The smallest absolute Gasteiger partial charge is 0.338 e. The van der Waals surface area contributed by atoms with Crippen LogP contribution in [-0.4, -0.2) is 168 Å². The molecule has 5 atom stereocenters. The average Bonchev–Trinajstić information content (AvgIpc) is 3.38. The summed E-state index contributed by atoms with van der Waals surface area (Å²) >= 11 is 0. The highest BCUT2D eigenvalue weighted by atomic mass is 16.6. The standard InChI is InChI=1S/C25H28O10.C14H18O6.C12H14O6/c1-15(26)12-32-22(28)18-4-6-20(7-5-18)24(30)34-14-17(3)35-25(31)21-10-8-19(9-11-21)23(29)33-13-16(2)27;1-9(15)7-19-13(17)11-3-5-12(6-4-11)14(18)20-8-10(2)16;13-5-7-17-11(15)9-1-2-10(4-3-9)12(16)18-8-6-14/h4-11,15-17,26-27H,12-14H2,1-3H3;3-6,9-10,15-16H,7-8H2,1-2H3;1-4,13-14H,5-8H2. The third kappa shape index (κ3) is 24.4. The van der Waals surface area contributed by atoms with Gasteiger partial charge in [0.05, 0.1) is 82.1 Å². The number of aliphatic hydroxyl groups is 6. The molecular formula is C51H60O22. The van der Waals surface area contributed by atoms with Gasteiger partial charge in [0.15, 0.2) is 0 Å². The van der Waals surface area contributed by atoms with E-state index in [1.54, 1.807) is 6.92 Å². The van der Waals surface area contributed by atoms with Crippen LogP contribution in [-0.2, 0) is 37.9 Å². The van der Waals surface area contributed by atoms with Gasteiger partial charge in [0.2, 0.25) is 0 Å². The number of rotatable bonds is 23. The zero-order valence-corrected chi connectivity index (χ0v) is 40.7. The molecule has 0 heterocycles. The third-order valence-corrected chi connectivity index (χ3v) is 8.65. The maximum absolute atomic E-state index is 12.3. The van der Waals surface area contributed by atoms with E-state index >= 15 is 0 Å². The SMILES string of the molecule is CC(O)COC(=O)c1ccc(C(=O)OCC(C)O)cc1.CC(O)COC(=O)c1ccc(C(=O)OCC(C)OC(=O)c2ccc(C(=O)OCC(C)O)cc2)cc1.O=C(OCCO)c1ccc(C(=O)OCCO)cc1. The van der Waals surface area contributed by atoms with E-state index in [2.05, 4.69) is 0 Å². The van der Waals surface area contributed by atoms with Crippen molar-refractivity contribution < 1.29 is 107 Å². The number of hydrogen-bond acceptors (Lipinski definition) is 22. The predicted octanol–water partition coefficient (Wildman–Crippen LogP) is 2.91. The summed E-state index contributed by atoms with van der Waals surface area (Å²) in [6, 6.07) is 22.6. The van der Waals surface area contributed by atoms with E-state index in [1.165, 1.54) is 125 Å². The van der Waals surface area contributed by atoms with E-state index in [9.17, 15) is 38.4 Å². The Balaban J connectivity index is 0.000000407. The molecule has 0 saturated carbocycles. The predicted molar refractivity (Wildman–Crippen MR) is 254 cm³/mol. The van der Waals surface area contributed by atoms with Crippen molar-refractivity contribution in [1.82, 2.24) is 0 Å². The van der Waals surface area contributed by atoms with Crippen molar-refractivity contribution >= 4 is 47.8 Å². The summed E-state index contributed by atoms with van der Waals surface area (Å²) in [5.74, 6) is -4.88. The molecule has 5 unspecified atom stereocenters. The summed E-state index contributed by atoms with van der Waals surface area (Å²) in [5, 5.41) is 53.3. The van der Waals surface area contributed by atoms with Gasteiger partial charge >= 0.3 is 47.8 Å². The van der Waals surface area contributed by atoms with E-state index in [-0.39, 0.29) is 104 Å². The molecule has 4 rings (SSSR count). The minimum Gasteiger partial charge on any atom is -0.460 e. The van der Waals surface area contributed by atoms with Gasteiger partial charge in [0, 0.05) is 0 Å². The molecule has 73 heavy (non-hydrogen) atoms. The summed E-state index contributed by atoms with van der Waals surface area (Å²) in [6.07, 6.45) is -3.78. The summed E-state index contributed by atoms with van der Waals surface area (Å²) in [6.45, 7) is 6.27. The molecule has 0 aliphatic rings. The van der Waals surface area contributed by atoms with Crippen molar-refractivity contribution in [2.24, 2.45) is 0 Å². The van der Waals surface area contributed by atoms with E-state index in [4.69, 9.17) is 68.5 Å². The molecule has 0 aromatic heterocycles. The Labute approximate surface area is 419 Å². The van der Waals surface area contributed by atoms with Crippen molar-refractivity contribution in [3.63, 3.8) is 0 Å². The van der Waals surface area contributed by atoms with Gasteiger partial charge in [-0.3, -0.25) is 0 Å². The molecule has 396 valence electrons. The summed E-state index contributed by atoms with van der Waals surface area (Å²) in [5.41, 5.74) is 1.92. The van der Waals surface area contributed by atoms with Gasteiger partial charge in [-0.2, -0.15) is 0 Å². The van der Waals surface area contributed by atoms with Gasteiger partial charge in [-0.1, -0.05) is 0 Å². The molecule has 0 aliphatic heterocycles. The Morgan fingerprint density at radius 3 is 0.685 bits per heavy atom. The van der Waals surface area contributed by atoms with Crippen LogP contribution in [0, 0.1) is 0 Å². The third-order valence-electron chi connectivity index (χ3n) is 8.65. The van der Waals surface area contributed by atoms with Crippen molar-refractivity contribution in [2.45, 2.75) is 65.1 Å². The Bertz CT molecular complexity index is 2280. The molecule has 0 bridgehead atoms. The second kappa shape index (κ2) is 33.1. The molecular weight excluding hydrogens is 965 g/mol. The van der Waals surface area contributed by atoms with Crippen LogP contribution in [0.1, 0.15) is 117 Å². The number of aliphatic hydroxyl groups excluding tert-OH is 6. The van der Waals surface area contributed by atoms with Crippen LogP contribution < -0.4 is 0 Å². The number of ether oxygens (including phenoxy) is 8. The van der Waals surface area contributed by atoms with Crippen LogP contribution in [0.3, 0.4) is 0 Å². The lowest BCUT2D eigenvalue weighted by Gasteiger charge is -2.14. The van der Waals surface area contributed by atoms with E-state index < -0.39 is 78.3 Å². The molecule has 22 nitrogen and oxygen atoms in total. The zero-order chi connectivity index (χ0) is 54.5. The fourth-order valence-electron chi connectivity index (χ4n) is 5.09. The van der Waals surface area contributed by atoms with Crippen LogP contribution in [0.25, 0.3) is 0 Å². The van der Waals surface area contributed by atoms with Gasteiger partial charge < -0.3 is 68.5 Å². The second-order valence-electron chi connectivity index (χ2n) is 15.6. The van der Waals surface area contributed by atoms with Crippen LogP contribution in [0.15, 0.2) is 97.1 Å². The molecule has 0 radical (unpaired) electrons. The molecule has 4 aromatic rings. The van der Waals surface area contributed by atoms with Gasteiger partial charge in [-0.05, 0) is 132 Å². The quantitative estimate of drug-likeness (QED) is 0.0459. The molecule has 0 spiro atoms. The maximum atomic E-state index is 12.3. The summed E-state index contributed by atoms with van der Waals surface area (Å²) in [4.78, 5) is 94.1. The Morgan fingerprint density at radius 2 is 0.493 bits per heavy atom. The van der Waals surface area contributed by atoms with Crippen LogP contribution in [0.5, 0.6) is 0 Å². The van der Waals surface area contributed by atoms with Crippen molar-refractivity contribution in [3.05, 3.63) is 142 Å². The molecule has 0 amide bonds. The highest BCUT2D eigenvalue weighted by Crippen LogP contribution is 2.13. The molecule has 0 aliphatic carbocycles. The highest BCUT2D eigenvalue weighted by Gasteiger charge is 2.18. The normalized spacial score (nSPS) is 12.4. The number of esters is 8. The van der Waals surface area contributed by atoms with Crippen LogP contribution >= 0.6 is 0 Å². The van der Waals surface area contributed by atoms with Crippen LogP contribution in [0.4, 0.5) is 0 Å². The van der Waals surface area contributed by atoms with Crippen LogP contribution in [0.2, 0.25) is 0 Å². The van der Waals surface area contributed by atoms with Crippen molar-refractivity contribution in [2.75, 3.05) is 59.5 Å². The minimum absolute atomic E-state index is 0.0703. The monoisotopic (exact) mass is 1020 g/mol. The van der Waals surface area contributed by atoms with E-state index in [1.807, 2.05) is 0 Å². The summed E-state index contributed by atoms with van der Waals surface area (Å²) < 4.78 is 39.3. The van der Waals surface area contributed by atoms with Gasteiger partial charge in [-0.25, -0.2) is 38.4 Å². The number of carbonyl (C=O) groups is 8. The lowest BCUT2D eigenvalue weighted by Crippen LogP contribution is -2.22. The fraction of sp³-hybridized carbons (Fsp3) is 0.373. The number of benzene rings is 4. The molecule has 0 saturated heterocycles. The Hall–Kier alpha value is -7.60. The Morgan fingerprint density at radius 1 is 0.315 bits per heavy atom. The van der Waals surface area contributed by atoms with Gasteiger partial charge in [0.25, 0.3) is 0 Å². The highest BCUT2D eigenvalue weighted by molar-refractivity contribution is 5.96. The summed E-state index contributed by atoms with van der Waals surface area (Å²) in [7, 11) is 0. The molecule has 6 N–H and O–H groups in total. The van der Waals surface area contributed by atoms with E-state index in [0.717, 1.165) is 0 Å². The number of hydrogen-bond donors (Lipinski definition) is 6. The Kier molecular flexibility index (Phi) is 27.9. The van der Waals surface area contributed by atoms with E-state index in [0.29, 0.717) is 0 Å². The first-order valence-corrected chi connectivity index (χ1v) is 22.4. The molecule has 4 aromatic carbocycles. The van der Waals surface area contributed by atoms with Crippen molar-refractivity contribution in [1.29, 1.82) is 0 Å². The maximum Gasteiger partial charge on any atom is 0.338 e. The van der Waals surface area contributed by atoms with Crippen molar-refractivity contribution in [3.8, 4) is 0 Å². The largest absolute Gasteiger partial charge is 0.460 e. The first-order chi connectivity index (χ1) is 34.6. The lowest BCUT2D eigenvalue weighted by atomic mass is 10.1. The minimum atomic E-state index is -0.784. The van der Waals surface area contributed by atoms with Gasteiger partial charge in [0.1, 0.15) is 52.4 Å².